The highest BCUT2D eigenvalue weighted by Gasteiger charge is 2.13. The Morgan fingerprint density at radius 2 is 2.43 bits per heavy atom. The lowest BCUT2D eigenvalue weighted by Gasteiger charge is -2.28. The summed E-state index contributed by atoms with van der Waals surface area (Å²) in [5.41, 5.74) is 7.33. The molecular formula is C11H22N2O. The molecule has 0 saturated carbocycles. The molecule has 2 N–H and O–H groups in total. The van der Waals surface area contributed by atoms with E-state index in [4.69, 9.17) is 10.5 Å². The van der Waals surface area contributed by atoms with Crippen molar-refractivity contribution in [3.05, 3.63) is 11.6 Å². The van der Waals surface area contributed by atoms with Crippen molar-refractivity contribution in [3.8, 4) is 0 Å². The van der Waals surface area contributed by atoms with Crippen molar-refractivity contribution in [2.45, 2.75) is 25.8 Å². The summed E-state index contributed by atoms with van der Waals surface area (Å²) in [6, 6.07) is 0.326. The molecule has 0 amide bonds. The molecule has 0 radical (unpaired) electrons. The number of hydrogen-bond acceptors (Lipinski definition) is 3. The van der Waals surface area contributed by atoms with Crippen molar-refractivity contribution >= 4 is 0 Å². The van der Waals surface area contributed by atoms with Crippen molar-refractivity contribution < 1.29 is 4.74 Å². The molecule has 3 nitrogen and oxygen atoms in total. The van der Waals surface area contributed by atoms with Gasteiger partial charge < -0.3 is 10.5 Å². The highest BCUT2D eigenvalue weighted by molar-refractivity contribution is 5.07. The smallest absolute Gasteiger partial charge is 0.0673 e. The molecule has 0 aromatic heterocycles. The van der Waals surface area contributed by atoms with Gasteiger partial charge >= 0.3 is 0 Å². The third-order valence-corrected chi connectivity index (χ3v) is 2.73. The average molecular weight is 198 g/mol. The maximum Gasteiger partial charge on any atom is 0.0673 e. The summed E-state index contributed by atoms with van der Waals surface area (Å²) in [6.45, 7) is 6.11. The molecule has 14 heavy (non-hydrogen) atoms. The van der Waals surface area contributed by atoms with Gasteiger partial charge in [0, 0.05) is 32.8 Å². The Hall–Kier alpha value is -0.380. The summed E-state index contributed by atoms with van der Waals surface area (Å²) < 4.78 is 5.11. The second-order valence-electron chi connectivity index (χ2n) is 3.97. The molecule has 1 rings (SSSR count). The standard InChI is InChI=1S/C11H22N2O/c1-3-11(12)8-13-6-4-10(5-7-13)9-14-2/h4,11H,3,5-9,12H2,1-2H3. The molecule has 1 aliphatic rings. The lowest BCUT2D eigenvalue weighted by atomic mass is 10.1. The third-order valence-electron chi connectivity index (χ3n) is 2.73. The first-order valence-corrected chi connectivity index (χ1v) is 5.41. The van der Waals surface area contributed by atoms with Crippen LogP contribution in [0.3, 0.4) is 0 Å². The van der Waals surface area contributed by atoms with Crippen LogP contribution >= 0.6 is 0 Å². The minimum absolute atomic E-state index is 0.326. The van der Waals surface area contributed by atoms with E-state index in [1.807, 2.05) is 0 Å². The fourth-order valence-electron chi connectivity index (χ4n) is 1.70. The van der Waals surface area contributed by atoms with Gasteiger partial charge in [0.2, 0.25) is 0 Å². The van der Waals surface area contributed by atoms with E-state index >= 15 is 0 Å². The van der Waals surface area contributed by atoms with Gasteiger partial charge in [0.15, 0.2) is 0 Å². The van der Waals surface area contributed by atoms with E-state index in [0.717, 1.165) is 39.1 Å². The molecule has 0 fully saturated rings. The van der Waals surface area contributed by atoms with Crippen LogP contribution in [0.2, 0.25) is 0 Å². The van der Waals surface area contributed by atoms with Crippen molar-refractivity contribution in [3.63, 3.8) is 0 Å². The normalized spacial score (nSPS) is 20.6. The van der Waals surface area contributed by atoms with Crippen LogP contribution in [0.4, 0.5) is 0 Å². The summed E-state index contributed by atoms with van der Waals surface area (Å²) >= 11 is 0. The van der Waals surface area contributed by atoms with Gasteiger partial charge in [-0.05, 0) is 18.4 Å². The number of rotatable bonds is 5. The van der Waals surface area contributed by atoms with Gasteiger partial charge in [-0.2, -0.15) is 0 Å². The van der Waals surface area contributed by atoms with E-state index in [0.29, 0.717) is 6.04 Å². The Balaban J connectivity index is 2.27. The molecule has 1 atom stereocenters. The second-order valence-corrected chi connectivity index (χ2v) is 3.97. The van der Waals surface area contributed by atoms with Crippen LogP contribution in [-0.4, -0.2) is 44.3 Å². The summed E-state index contributed by atoms with van der Waals surface area (Å²) in [4.78, 5) is 2.41. The van der Waals surface area contributed by atoms with Crippen molar-refractivity contribution in [1.82, 2.24) is 4.90 Å². The van der Waals surface area contributed by atoms with Crippen LogP contribution in [0.15, 0.2) is 11.6 Å². The molecule has 1 unspecified atom stereocenters. The van der Waals surface area contributed by atoms with Crippen molar-refractivity contribution in [1.29, 1.82) is 0 Å². The van der Waals surface area contributed by atoms with Crippen molar-refractivity contribution in [2.75, 3.05) is 33.4 Å². The summed E-state index contributed by atoms with van der Waals surface area (Å²) in [5.74, 6) is 0. The monoisotopic (exact) mass is 198 g/mol. The number of nitrogens with zero attached hydrogens (tertiary/aromatic N) is 1. The van der Waals surface area contributed by atoms with E-state index in [-0.39, 0.29) is 0 Å². The zero-order valence-corrected chi connectivity index (χ0v) is 9.33. The summed E-state index contributed by atoms with van der Waals surface area (Å²) in [5, 5.41) is 0. The largest absolute Gasteiger partial charge is 0.380 e. The highest BCUT2D eigenvalue weighted by atomic mass is 16.5. The molecule has 82 valence electrons. The summed E-state index contributed by atoms with van der Waals surface area (Å²) in [6.07, 6.45) is 4.46. The molecule has 1 heterocycles. The number of nitrogens with two attached hydrogens (primary N) is 1. The van der Waals surface area contributed by atoms with Gasteiger partial charge in [0.25, 0.3) is 0 Å². The first kappa shape index (κ1) is 11.7. The average Bonchev–Trinajstić information content (AvgIpc) is 2.21. The van der Waals surface area contributed by atoms with Crippen LogP contribution in [0.25, 0.3) is 0 Å². The second kappa shape index (κ2) is 6.17. The van der Waals surface area contributed by atoms with E-state index in [9.17, 15) is 0 Å². The van der Waals surface area contributed by atoms with Gasteiger partial charge in [-0.3, -0.25) is 4.90 Å². The fourth-order valence-corrected chi connectivity index (χ4v) is 1.70. The van der Waals surface area contributed by atoms with Gasteiger partial charge in [-0.15, -0.1) is 0 Å². The quantitative estimate of drug-likeness (QED) is 0.670. The zero-order valence-electron chi connectivity index (χ0n) is 9.33. The van der Waals surface area contributed by atoms with E-state index in [2.05, 4.69) is 17.9 Å². The Morgan fingerprint density at radius 1 is 1.64 bits per heavy atom. The molecular weight excluding hydrogens is 176 g/mol. The molecule has 0 saturated heterocycles. The molecule has 0 aliphatic carbocycles. The Kier molecular flexibility index (Phi) is 5.15. The number of methoxy groups -OCH3 is 1. The molecule has 0 aromatic rings. The Morgan fingerprint density at radius 3 is 2.93 bits per heavy atom. The van der Waals surface area contributed by atoms with Crippen LogP contribution in [0.5, 0.6) is 0 Å². The van der Waals surface area contributed by atoms with E-state index < -0.39 is 0 Å². The van der Waals surface area contributed by atoms with Crippen LogP contribution in [-0.2, 0) is 4.74 Å². The molecule has 0 aromatic carbocycles. The SMILES string of the molecule is CCC(N)CN1CC=C(COC)CC1. The topological polar surface area (TPSA) is 38.5 Å². The predicted octanol–water partition coefficient (Wildman–Crippen LogP) is 1.00. The fraction of sp³-hybridized carbons (Fsp3) is 0.818. The third kappa shape index (κ3) is 3.78. The zero-order chi connectivity index (χ0) is 10.4. The maximum absolute atomic E-state index is 5.91. The first-order chi connectivity index (χ1) is 6.76. The minimum Gasteiger partial charge on any atom is -0.380 e. The first-order valence-electron chi connectivity index (χ1n) is 5.41. The number of ether oxygens (including phenoxy) is 1. The van der Waals surface area contributed by atoms with Gasteiger partial charge in [0.05, 0.1) is 6.61 Å². The minimum atomic E-state index is 0.326. The van der Waals surface area contributed by atoms with Gasteiger partial charge in [-0.25, -0.2) is 0 Å². The predicted molar refractivity (Wildman–Crippen MR) is 59.3 cm³/mol. The van der Waals surface area contributed by atoms with Crippen LogP contribution in [0, 0.1) is 0 Å². The van der Waals surface area contributed by atoms with Crippen molar-refractivity contribution in [2.24, 2.45) is 5.73 Å². The van der Waals surface area contributed by atoms with E-state index in [1.54, 1.807) is 7.11 Å². The molecule has 3 heteroatoms. The van der Waals surface area contributed by atoms with E-state index in [1.165, 1.54) is 5.57 Å². The Labute approximate surface area is 86.9 Å². The number of hydrogen-bond donors (Lipinski definition) is 1. The molecule has 0 bridgehead atoms. The lowest BCUT2D eigenvalue weighted by Crippen LogP contribution is -2.39. The summed E-state index contributed by atoms with van der Waals surface area (Å²) in [7, 11) is 1.75. The van der Waals surface area contributed by atoms with Crippen LogP contribution in [0.1, 0.15) is 19.8 Å². The highest BCUT2D eigenvalue weighted by Crippen LogP contribution is 2.11. The maximum atomic E-state index is 5.91. The Bertz CT molecular complexity index is 192. The molecule has 0 spiro atoms. The van der Waals surface area contributed by atoms with Gasteiger partial charge in [-0.1, -0.05) is 13.0 Å². The van der Waals surface area contributed by atoms with Crippen LogP contribution < -0.4 is 5.73 Å². The lowest BCUT2D eigenvalue weighted by molar-refractivity contribution is 0.209. The molecule has 1 aliphatic heterocycles. The van der Waals surface area contributed by atoms with Gasteiger partial charge in [0.1, 0.15) is 0 Å².